The maximum atomic E-state index is 12.4. The summed E-state index contributed by atoms with van der Waals surface area (Å²) in [6.07, 6.45) is 2.79. The van der Waals surface area contributed by atoms with E-state index in [1.807, 2.05) is 17.9 Å². The van der Waals surface area contributed by atoms with Crippen molar-refractivity contribution < 1.29 is 14.0 Å². The normalized spacial score (nSPS) is 15.3. The molecule has 1 aliphatic rings. The van der Waals surface area contributed by atoms with Gasteiger partial charge in [-0.25, -0.2) is 4.79 Å². The quantitative estimate of drug-likeness (QED) is 0.865. The number of likely N-dealkylation sites (tertiary alicyclic amines) is 1. The molecule has 2 aromatic rings. The first-order chi connectivity index (χ1) is 12.1. The molecule has 0 bridgehead atoms. The molecule has 3 rings (SSSR count). The molecule has 1 aromatic heterocycles. The third-order valence-electron chi connectivity index (χ3n) is 4.53. The molecule has 1 fully saturated rings. The minimum absolute atomic E-state index is 0.0168. The zero-order valence-corrected chi connectivity index (χ0v) is 14.3. The first-order valence-electron chi connectivity index (χ1n) is 8.70. The van der Waals surface area contributed by atoms with Gasteiger partial charge in [-0.15, -0.1) is 0 Å². The minimum Gasteiger partial charge on any atom is -0.422 e. The molecule has 1 aliphatic heterocycles. The van der Waals surface area contributed by atoms with Crippen LogP contribution in [0, 0.1) is 0 Å². The van der Waals surface area contributed by atoms with Crippen molar-refractivity contribution in [2.24, 2.45) is 0 Å². The Morgan fingerprint density at radius 3 is 2.68 bits per heavy atom. The van der Waals surface area contributed by atoms with Gasteiger partial charge in [0.15, 0.2) is 0 Å². The Morgan fingerprint density at radius 1 is 1.24 bits per heavy atom. The van der Waals surface area contributed by atoms with E-state index in [9.17, 15) is 14.4 Å². The van der Waals surface area contributed by atoms with Crippen LogP contribution in [0.2, 0.25) is 0 Å². The van der Waals surface area contributed by atoms with Crippen LogP contribution in [0.1, 0.15) is 43.0 Å². The average Bonchev–Trinajstić information content (AvgIpc) is 2.62. The van der Waals surface area contributed by atoms with Gasteiger partial charge in [0.1, 0.15) is 11.1 Å². The van der Waals surface area contributed by atoms with Gasteiger partial charge in [-0.1, -0.05) is 25.1 Å². The van der Waals surface area contributed by atoms with Crippen LogP contribution in [0.5, 0.6) is 0 Å². The molecular weight excluding hydrogens is 320 g/mol. The fraction of sp³-hybridized carbons (Fsp3) is 0.421. The Labute approximate surface area is 145 Å². The van der Waals surface area contributed by atoms with Crippen LogP contribution in [0.25, 0.3) is 11.0 Å². The lowest BCUT2D eigenvalue weighted by molar-refractivity contribution is -0.132. The highest BCUT2D eigenvalue weighted by molar-refractivity contribution is 5.96. The molecule has 25 heavy (non-hydrogen) atoms. The molecule has 0 atom stereocenters. The molecule has 2 heterocycles. The summed E-state index contributed by atoms with van der Waals surface area (Å²) in [5.74, 6) is -0.250. The van der Waals surface area contributed by atoms with Crippen molar-refractivity contribution in [2.45, 2.75) is 38.6 Å². The lowest BCUT2D eigenvalue weighted by Gasteiger charge is -2.32. The van der Waals surface area contributed by atoms with Crippen molar-refractivity contribution in [3.8, 4) is 0 Å². The molecule has 0 radical (unpaired) electrons. The number of fused-ring (bicyclic) bond motifs is 1. The molecule has 6 nitrogen and oxygen atoms in total. The van der Waals surface area contributed by atoms with Crippen LogP contribution >= 0.6 is 0 Å². The number of carbonyl (C=O) groups excluding carboxylic acids is 2. The van der Waals surface area contributed by atoms with Crippen LogP contribution in [0.4, 0.5) is 0 Å². The van der Waals surface area contributed by atoms with Crippen molar-refractivity contribution in [1.29, 1.82) is 0 Å². The van der Waals surface area contributed by atoms with Crippen molar-refractivity contribution in [2.75, 3.05) is 13.1 Å². The fourth-order valence-electron chi connectivity index (χ4n) is 3.13. The number of piperidine rings is 1. The summed E-state index contributed by atoms with van der Waals surface area (Å²) >= 11 is 0. The van der Waals surface area contributed by atoms with Gasteiger partial charge >= 0.3 is 5.63 Å². The van der Waals surface area contributed by atoms with Gasteiger partial charge in [-0.2, -0.15) is 0 Å². The van der Waals surface area contributed by atoms with Gasteiger partial charge in [0, 0.05) is 30.9 Å². The van der Waals surface area contributed by atoms with Gasteiger partial charge in [-0.05, 0) is 31.4 Å². The average molecular weight is 342 g/mol. The molecule has 0 unspecified atom stereocenters. The predicted molar refractivity (Wildman–Crippen MR) is 94.5 cm³/mol. The highest BCUT2D eigenvalue weighted by Gasteiger charge is 2.24. The zero-order chi connectivity index (χ0) is 17.8. The summed E-state index contributed by atoms with van der Waals surface area (Å²) in [7, 11) is 0. The minimum atomic E-state index is -0.633. The highest BCUT2D eigenvalue weighted by atomic mass is 16.4. The van der Waals surface area contributed by atoms with Crippen LogP contribution in [0.15, 0.2) is 39.5 Å². The summed E-state index contributed by atoms with van der Waals surface area (Å²) in [5, 5.41) is 3.61. The molecule has 2 amide bonds. The first-order valence-corrected chi connectivity index (χ1v) is 8.70. The number of amides is 2. The molecule has 6 heteroatoms. The topological polar surface area (TPSA) is 79.6 Å². The van der Waals surface area contributed by atoms with E-state index < -0.39 is 11.5 Å². The second-order valence-electron chi connectivity index (χ2n) is 6.36. The molecular formula is C19H22N2O4. The Bertz CT molecular complexity index is 835. The Balaban J connectivity index is 1.65. The fourth-order valence-corrected chi connectivity index (χ4v) is 3.13. The third kappa shape index (κ3) is 3.90. The maximum Gasteiger partial charge on any atom is 0.349 e. The molecule has 1 saturated heterocycles. The number of carbonyl (C=O) groups is 2. The lowest BCUT2D eigenvalue weighted by atomic mass is 10.0. The number of rotatable bonds is 4. The maximum absolute atomic E-state index is 12.4. The molecule has 132 valence electrons. The molecule has 1 N–H and O–H groups in total. The van der Waals surface area contributed by atoms with Gasteiger partial charge in [-0.3, -0.25) is 9.59 Å². The summed E-state index contributed by atoms with van der Waals surface area (Å²) < 4.78 is 5.21. The Morgan fingerprint density at radius 2 is 1.96 bits per heavy atom. The highest BCUT2D eigenvalue weighted by Crippen LogP contribution is 2.15. The van der Waals surface area contributed by atoms with Crippen LogP contribution < -0.4 is 10.9 Å². The van der Waals surface area contributed by atoms with Crippen molar-refractivity contribution in [3.63, 3.8) is 0 Å². The number of hydrogen-bond donors (Lipinski definition) is 1. The van der Waals surface area contributed by atoms with E-state index in [0.717, 1.165) is 6.42 Å². The van der Waals surface area contributed by atoms with E-state index in [-0.39, 0.29) is 17.5 Å². The van der Waals surface area contributed by atoms with Gasteiger partial charge in [0.25, 0.3) is 5.91 Å². The van der Waals surface area contributed by atoms with Gasteiger partial charge in [0.05, 0.1) is 0 Å². The Hall–Kier alpha value is -2.63. The Kier molecular flexibility index (Phi) is 5.16. The number of hydrogen-bond acceptors (Lipinski definition) is 4. The van der Waals surface area contributed by atoms with Crippen LogP contribution in [0.3, 0.4) is 0 Å². The van der Waals surface area contributed by atoms with Gasteiger partial charge in [0.2, 0.25) is 5.91 Å². The first kappa shape index (κ1) is 17.2. The van der Waals surface area contributed by atoms with Crippen LogP contribution in [-0.4, -0.2) is 35.8 Å². The molecule has 0 spiro atoms. The summed E-state index contributed by atoms with van der Waals surface area (Å²) in [6.45, 7) is 3.26. The second kappa shape index (κ2) is 7.51. The van der Waals surface area contributed by atoms with Crippen molar-refractivity contribution >= 4 is 22.8 Å². The van der Waals surface area contributed by atoms with E-state index in [1.54, 1.807) is 24.3 Å². The number of nitrogens with one attached hydrogen (secondary N) is 1. The SMILES string of the molecule is CCCC(=O)N1CCC(NC(=O)c2cc3ccccc3oc2=O)CC1. The van der Waals surface area contributed by atoms with Crippen molar-refractivity contribution in [3.05, 3.63) is 46.3 Å². The molecule has 0 saturated carbocycles. The number of benzene rings is 1. The largest absolute Gasteiger partial charge is 0.422 e. The van der Waals surface area contributed by atoms with Gasteiger partial charge < -0.3 is 14.6 Å². The second-order valence-corrected chi connectivity index (χ2v) is 6.36. The smallest absolute Gasteiger partial charge is 0.349 e. The van der Waals surface area contributed by atoms with E-state index in [4.69, 9.17) is 4.42 Å². The van der Waals surface area contributed by atoms with E-state index in [1.165, 1.54) is 0 Å². The summed E-state index contributed by atoms with van der Waals surface area (Å²) in [4.78, 5) is 38.2. The molecule has 1 aromatic carbocycles. The van der Waals surface area contributed by atoms with E-state index >= 15 is 0 Å². The van der Waals surface area contributed by atoms with E-state index in [0.29, 0.717) is 43.3 Å². The standard InChI is InChI=1S/C19H22N2O4/c1-2-5-17(22)21-10-8-14(9-11-21)20-18(23)15-12-13-6-3-4-7-16(13)25-19(15)24/h3-4,6-7,12,14H,2,5,8-11H2,1H3,(H,20,23). The predicted octanol–water partition coefficient (Wildman–Crippen LogP) is 2.31. The van der Waals surface area contributed by atoms with Crippen LogP contribution in [-0.2, 0) is 4.79 Å². The lowest BCUT2D eigenvalue weighted by Crippen LogP contribution is -2.47. The summed E-state index contributed by atoms with van der Waals surface area (Å²) in [6, 6.07) is 8.63. The third-order valence-corrected chi connectivity index (χ3v) is 4.53. The van der Waals surface area contributed by atoms with Crippen molar-refractivity contribution in [1.82, 2.24) is 10.2 Å². The number of para-hydroxylation sites is 1. The zero-order valence-electron chi connectivity index (χ0n) is 14.3. The molecule has 0 aliphatic carbocycles. The van der Waals surface area contributed by atoms with E-state index in [2.05, 4.69) is 5.32 Å². The number of nitrogens with zero attached hydrogens (tertiary/aromatic N) is 1. The monoisotopic (exact) mass is 342 g/mol. The summed E-state index contributed by atoms with van der Waals surface area (Å²) in [5.41, 5.74) is -0.151.